The van der Waals surface area contributed by atoms with Gasteiger partial charge in [0.15, 0.2) is 0 Å². The Balaban J connectivity index is 1.61. The summed E-state index contributed by atoms with van der Waals surface area (Å²) in [5.41, 5.74) is 4.03. The van der Waals surface area contributed by atoms with Crippen molar-refractivity contribution >= 4 is 16.9 Å². The zero-order valence-corrected chi connectivity index (χ0v) is 13.5. The number of hydrogen-bond donors (Lipinski definition) is 1. The summed E-state index contributed by atoms with van der Waals surface area (Å²) in [5, 5.41) is 11.7. The maximum atomic E-state index is 12.1. The predicted octanol–water partition coefficient (Wildman–Crippen LogP) is 1.92. The first kappa shape index (κ1) is 15.3. The number of carbonyl (C=O) groups is 1. The molecule has 1 N–H and O–H groups in total. The number of benzene rings is 1. The van der Waals surface area contributed by atoms with Gasteiger partial charge in [0.1, 0.15) is 17.6 Å². The average molecular weight is 311 g/mol. The summed E-state index contributed by atoms with van der Waals surface area (Å²) in [4.78, 5) is 12.1. The van der Waals surface area contributed by atoms with Crippen LogP contribution < -0.4 is 5.32 Å². The minimum absolute atomic E-state index is 0.0328. The lowest BCUT2D eigenvalue weighted by atomic mass is 10.1. The number of fused-ring (bicyclic) bond motifs is 1. The van der Waals surface area contributed by atoms with Crippen LogP contribution in [0, 0.1) is 6.92 Å². The van der Waals surface area contributed by atoms with Gasteiger partial charge >= 0.3 is 0 Å². The van der Waals surface area contributed by atoms with E-state index in [1.165, 1.54) is 5.56 Å². The summed E-state index contributed by atoms with van der Waals surface area (Å²) in [6.45, 7) is 5.62. The van der Waals surface area contributed by atoms with Crippen molar-refractivity contribution in [3.8, 4) is 0 Å². The van der Waals surface area contributed by atoms with Crippen LogP contribution in [-0.4, -0.2) is 32.0 Å². The smallest absolute Gasteiger partial charge is 0.241 e. The number of amides is 1. The Morgan fingerprint density at radius 1 is 1.22 bits per heavy atom. The van der Waals surface area contributed by atoms with Crippen molar-refractivity contribution in [2.24, 2.45) is 0 Å². The fraction of sp³-hybridized carbons (Fsp3) is 0.353. The Bertz CT molecular complexity index is 803. The van der Waals surface area contributed by atoms with E-state index in [4.69, 9.17) is 0 Å². The van der Waals surface area contributed by atoms with Crippen molar-refractivity contribution in [1.82, 2.24) is 24.9 Å². The number of aryl methyl sites for hydroxylation is 2. The summed E-state index contributed by atoms with van der Waals surface area (Å²) >= 11 is 0. The van der Waals surface area contributed by atoms with Crippen molar-refractivity contribution in [3.05, 3.63) is 47.8 Å². The number of nitrogens with one attached hydrogen (secondary N) is 1. The van der Waals surface area contributed by atoms with Gasteiger partial charge in [0.25, 0.3) is 0 Å². The molecule has 0 spiro atoms. The van der Waals surface area contributed by atoms with Crippen LogP contribution in [0.4, 0.5) is 0 Å². The van der Waals surface area contributed by atoms with E-state index >= 15 is 0 Å². The zero-order valence-electron chi connectivity index (χ0n) is 13.5. The monoisotopic (exact) mass is 311 g/mol. The number of nitrogens with zero attached hydrogens (tertiary/aromatic N) is 4. The largest absolute Gasteiger partial charge is 0.354 e. The molecule has 0 unspecified atom stereocenters. The van der Waals surface area contributed by atoms with Crippen LogP contribution in [-0.2, 0) is 24.3 Å². The van der Waals surface area contributed by atoms with E-state index in [2.05, 4.69) is 27.6 Å². The van der Waals surface area contributed by atoms with Crippen LogP contribution in [0.5, 0.6) is 0 Å². The van der Waals surface area contributed by atoms with Gasteiger partial charge in [-0.1, -0.05) is 30.3 Å². The first-order valence-electron chi connectivity index (χ1n) is 7.88. The molecule has 0 fully saturated rings. The molecular weight excluding hydrogens is 290 g/mol. The van der Waals surface area contributed by atoms with Crippen molar-refractivity contribution < 1.29 is 4.79 Å². The summed E-state index contributed by atoms with van der Waals surface area (Å²) < 4.78 is 3.63. The molecule has 2 heterocycles. The molecule has 120 valence electrons. The van der Waals surface area contributed by atoms with Crippen molar-refractivity contribution in [2.45, 2.75) is 33.4 Å². The Hall–Kier alpha value is -2.63. The van der Waals surface area contributed by atoms with Gasteiger partial charge in [-0.2, -0.15) is 10.2 Å². The third-order valence-electron chi connectivity index (χ3n) is 3.88. The highest BCUT2D eigenvalue weighted by Crippen LogP contribution is 2.17. The van der Waals surface area contributed by atoms with E-state index in [-0.39, 0.29) is 12.5 Å². The molecule has 23 heavy (non-hydrogen) atoms. The highest BCUT2D eigenvalue weighted by atomic mass is 16.2. The molecule has 0 bridgehead atoms. The quantitative estimate of drug-likeness (QED) is 0.756. The van der Waals surface area contributed by atoms with Crippen LogP contribution in [0.25, 0.3) is 11.0 Å². The van der Waals surface area contributed by atoms with E-state index in [0.29, 0.717) is 6.54 Å². The third kappa shape index (κ3) is 3.26. The van der Waals surface area contributed by atoms with E-state index in [9.17, 15) is 4.79 Å². The van der Waals surface area contributed by atoms with Gasteiger partial charge in [-0.25, -0.2) is 0 Å². The topological polar surface area (TPSA) is 64.7 Å². The average Bonchev–Trinajstić information content (AvgIpc) is 3.10. The molecule has 0 aliphatic carbocycles. The van der Waals surface area contributed by atoms with E-state index in [0.717, 1.165) is 29.7 Å². The van der Waals surface area contributed by atoms with Gasteiger partial charge < -0.3 is 5.32 Å². The molecule has 0 saturated carbocycles. The summed E-state index contributed by atoms with van der Waals surface area (Å²) in [6, 6.07) is 10.1. The molecule has 2 aromatic heterocycles. The predicted molar refractivity (Wildman–Crippen MR) is 89.1 cm³/mol. The highest BCUT2D eigenvalue weighted by molar-refractivity contribution is 5.81. The minimum atomic E-state index is -0.0328. The van der Waals surface area contributed by atoms with Gasteiger partial charge in [-0.05, 0) is 25.8 Å². The maximum absolute atomic E-state index is 12.1. The SMILES string of the molecule is CCn1nc(C)c2c1cnn2CC(=O)NCCc1ccccc1. The lowest BCUT2D eigenvalue weighted by Gasteiger charge is -2.06. The van der Waals surface area contributed by atoms with Crippen LogP contribution in [0.3, 0.4) is 0 Å². The molecule has 0 aliphatic rings. The summed E-state index contributed by atoms with van der Waals surface area (Å²) in [7, 11) is 0. The lowest BCUT2D eigenvalue weighted by Crippen LogP contribution is -2.29. The number of aromatic nitrogens is 4. The molecule has 6 nitrogen and oxygen atoms in total. The molecule has 0 aliphatic heterocycles. The molecule has 1 aromatic carbocycles. The minimum Gasteiger partial charge on any atom is -0.354 e. The molecule has 3 rings (SSSR count). The van der Waals surface area contributed by atoms with Crippen LogP contribution >= 0.6 is 0 Å². The second-order valence-corrected chi connectivity index (χ2v) is 5.52. The second-order valence-electron chi connectivity index (χ2n) is 5.52. The Morgan fingerprint density at radius 3 is 2.74 bits per heavy atom. The second kappa shape index (κ2) is 6.64. The fourth-order valence-electron chi connectivity index (χ4n) is 2.76. The number of carbonyl (C=O) groups excluding carboxylic acids is 1. The van der Waals surface area contributed by atoms with Gasteiger partial charge in [0, 0.05) is 13.1 Å². The number of hydrogen-bond acceptors (Lipinski definition) is 3. The highest BCUT2D eigenvalue weighted by Gasteiger charge is 2.14. The number of rotatable bonds is 6. The molecule has 0 atom stereocenters. The van der Waals surface area contributed by atoms with Gasteiger partial charge in [0.05, 0.1) is 11.9 Å². The molecule has 0 saturated heterocycles. The fourth-order valence-corrected chi connectivity index (χ4v) is 2.76. The Morgan fingerprint density at radius 2 is 2.00 bits per heavy atom. The summed E-state index contributed by atoms with van der Waals surface area (Å²) in [5.74, 6) is -0.0328. The van der Waals surface area contributed by atoms with Crippen LogP contribution in [0.2, 0.25) is 0 Å². The molecule has 6 heteroatoms. The van der Waals surface area contributed by atoms with Crippen molar-refractivity contribution in [2.75, 3.05) is 6.54 Å². The molecular formula is C17H21N5O. The standard InChI is InChI=1S/C17H21N5O/c1-3-21-15-11-19-22(17(15)13(2)20-21)12-16(23)18-10-9-14-7-5-4-6-8-14/h4-8,11H,3,9-10,12H2,1-2H3,(H,18,23). The van der Waals surface area contributed by atoms with Crippen molar-refractivity contribution in [3.63, 3.8) is 0 Å². The third-order valence-corrected chi connectivity index (χ3v) is 3.88. The first-order valence-corrected chi connectivity index (χ1v) is 7.88. The summed E-state index contributed by atoms with van der Waals surface area (Å²) in [6.07, 6.45) is 2.60. The van der Waals surface area contributed by atoms with E-state index in [1.54, 1.807) is 10.9 Å². The normalized spacial score (nSPS) is 11.0. The van der Waals surface area contributed by atoms with E-state index < -0.39 is 0 Å². The Labute approximate surface area is 135 Å². The molecule has 0 radical (unpaired) electrons. The van der Waals surface area contributed by atoms with Gasteiger partial charge in [0.2, 0.25) is 5.91 Å². The van der Waals surface area contributed by atoms with Gasteiger partial charge in [-0.3, -0.25) is 14.2 Å². The molecule has 3 aromatic rings. The zero-order chi connectivity index (χ0) is 16.2. The Kier molecular flexibility index (Phi) is 4.41. The van der Waals surface area contributed by atoms with Crippen LogP contribution in [0.15, 0.2) is 36.5 Å². The van der Waals surface area contributed by atoms with E-state index in [1.807, 2.05) is 36.7 Å². The lowest BCUT2D eigenvalue weighted by molar-refractivity contribution is -0.121. The van der Waals surface area contributed by atoms with Crippen LogP contribution in [0.1, 0.15) is 18.2 Å². The maximum Gasteiger partial charge on any atom is 0.241 e. The molecule has 1 amide bonds. The van der Waals surface area contributed by atoms with Crippen molar-refractivity contribution in [1.29, 1.82) is 0 Å². The first-order chi connectivity index (χ1) is 11.2. The van der Waals surface area contributed by atoms with Gasteiger partial charge in [-0.15, -0.1) is 0 Å².